The zero-order chi connectivity index (χ0) is 17.9. The molecule has 0 aliphatic carbocycles. The number of benzene rings is 3. The maximum absolute atomic E-state index is 12.3. The lowest BCUT2D eigenvalue weighted by Crippen LogP contribution is -2.14. The van der Waals surface area contributed by atoms with E-state index in [-0.39, 0.29) is 12.3 Å². The van der Waals surface area contributed by atoms with Crippen LogP contribution in [0.3, 0.4) is 0 Å². The molecule has 1 N–H and O–H groups in total. The van der Waals surface area contributed by atoms with Crippen LogP contribution in [0, 0.1) is 0 Å². The van der Waals surface area contributed by atoms with Crippen molar-refractivity contribution in [2.75, 3.05) is 19.0 Å². The van der Waals surface area contributed by atoms with Crippen molar-refractivity contribution in [1.82, 2.24) is 0 Å². The third-order valence-electron chi connectivity index (χ3n) is 4.10. The molecule has 1 aliphatic rings. The normalized spacial score (nSPS) is 11.4. The zero-order valence-electron chi connectivity index (χ0n) is 14.2. The van der Waals surface area contributed by atoms with Gasteiger partial charge in [0.2, 0.25) is 0 Å². The first kappa shape index (κ1) is 16.0. The summed E-state index contributed by atoms with van der Waals surface area (Å²) in [5.41, 5.74) is 1.42. The molecule has 0 fully saturated rings. The highest BCUT2D eigenvalue weighted by atomic mass is 16.6. The van der Waals surface area contributed by atoms with Crippen LogP contribution < -0.4 is 19.5 Å². The van der Waals surface area contributed by atoms with Gasteiger partial charge in [0.15, 0.2) is 28.8 Å². The van der Waals surface area contributed by atoms with Crippen molar-refractivity contribution in [2.24, 2.45) is 0 Å². The molecule has 5 nitrogen and oxygen atoms in total. The Morgan fingerprint density at radius 2 is 1.54 bits per heavy atom. The minimum absolute atomic E-state index is 0.00659. The molecule has 0 unspecified atom stereocenters. The number of carbonyl (C=O) groups is 1. The second-order valence-corrected chi connectivity index (χ2v) is 5.82. The quantitative estimate of drug-likeness (QED) is 0.521. The van der Waals surface area contributed by atoms with Crippen molar-refractivity contribution < 1.29 is 19.0 Å². The summed E-state index contributed by atoms with van der Waals surface area (Å²) in [4.78, 5) is 12.3. The average molecular weight is 347 g/mol. The minimum Gasteiger partial charge on any atom is -0.497 e. The molecule has 5 heteroatoms. The highest BCUT2D eigenvalue weighted by Crippen LogP contribution is 2.45. The maximum atomic E-state index is 12.3. The van der Waals surface area contributed by atoms with Gasteiger partial charge in [-0.2, -0.15) is 0 Å². The summed E-state index contributed by atoms with van der Waals surface area (Å²) >= 11 is 0. The number of rotatable bonds is 5. The van der Waals surface area contributed by atoms with Gasteiger partial charge in [0.05, 0.1) is 13.7 Å². The second-order valence-electron chi connectivity index (χ2n) is 5.82. The number of Topliss-reactive ketones (excluding diaryl/α,β-unsaturated/α-hetero) is 1. The maximum Gasteiger partial charge on any atom is 0.181 e. The predicted octanol–water partition coefficient (Wildman–Crippen LogP) is 4.89. The van der Waals surface area contributed by atoms with Crippen LogP contribution in [0.5, 0.6) is 28.7 Å². The molecule has 0 bridgehead atoms. The third-order valence-corrected chi connectivity index (χ3v) is 4.10. The van der Waals surface area contributed by atoms with Crippen LogP contribution in [-0.2, 0) is 0 Å². The van der Waals surface area contributed by atoms with Crippen molar-refractivity contribution in [3.63, 3.8) is 0 Å². The summed E-state index contributed by atoms with van der Waals surface area (Å²) in [6.07, 6.45) is 0. The van der Waals surface area contributed by atoms with Crippen molar-refractivity contribution in [3.05, 3.63) is 72.3 Å². The van der Waals surface area contributed by atoms with Gasteiger partial charge < -0.3 is 19.5 Å². The Balaban J connectivity index is 1.44. The Bertz CT molecular complexity index is 950. The van der Waals surface area contributed by atoms with Gasteiger partial charge >= 0.3 is 0 Å². The first-order valence-electron chi connectivity index (χ1n) is 8.23. The number of methoxy groups -OCH3 is 1. The van der Waals surface area contributed by atoms with E-state index in [0.717, 1.165) is 11.4 Å². The second kappa shape index (κ2) is 6.80. The molecule has 0 spiro atoms. The Kier molecular flexibility index (Phi) is 4.19. The van der Waals surface area contributed by atoms with Gasteiger partial charge in [0.1, 0.15) is 5.75 Å². The van der Waals surface area contributed by atoms with Crippen LogP contribution in [0.1, 0.15) is 10.4 Å². The van der Waals surface area contributed by atoms with Crippen molar-refractivity contribution >= 4 is 11.5 Å². The highest BCUT2D eigenvalue weighted by Gasteiger charge is 2.18. The van der Waals surface area contributed by atoms with Crippen molar-refractivity contribution in [2.45, 2.75) is 0 Å². The molecule has 26 heavy (non-hydrogen) atoms. The molecule has 0 aromatic heterocycles. The minimum atomic E-state index is -0.00659. The fourth-order valence-corrected chi connectivity index (χ4v) is 2.70. The van der Waals surface area contributed by atoms with E-state index < -0.39 is 0 Å². The Morgan fingerprint density at radius 3 is 2.23 bits per heavy atom. The van der Waals surface area contributed by atoms with Crippen LogP contribution in [0.4, 0.5) is 5.69 Å². The van der Waals surface area contributed by atoms with Crippen LogP contribution in [0.2, 0.25) is 0 Å². The summed E-state index contributed by atoms with van der Waals surface area (Å²) in [6.45, 7) is 0.183. The van der Waals surface area contributed by atoms with E-state index in [4.69, 9.17) is 14.2 Å². The van der Waals surface area contributed by atoms with Crippen LogP contribution in [0.25, 0.3) is 0 Å². The lowest BCUT2D eigenvalue weighted by Gasteiger charge is -2.21. The number of ketones is 1. The average Bonchev–Trinajstić information content (AvgIpc) is 2.70. The number of nitrogens with one attached hydrogen (secondary N) is 1. The van der Waals surface area contributed by atoms with Gasteiger partial charge in [-0.25, -0.2) is 0 Å². The molecule has 4 rings (SSSR count). The number of hydrogen-bond donors (Lipinski definition) is 1. The van der Waals surface area contributed by atoms with Gasteiger partial charge in [-0.1, -0.05) is 12.1 Å². The lowest BCUT2D eigenvalue weighted by molar-refractivity contribution is 0.101. The smallest absolute Gasteiger partial charge is 0.181 e. The zero-order valence-corrected chi connectivity index (χ0v) is 14.2. The van der Waals surface area contributed by atoms with E-state index in [2.05, 4.69) is 5.32 Å². The molecule has 0 amide bonds. The molecule has 0 atom stereocenters. The first-order chi connectivity index (χ1) is 12.7. The fourth-order valence-electron chi connectivity index (χ4n) is 2.70. The van der Waals surface area contributed by atoms with E-state index in [1.54, 1.807) is 31.4 Å². The summed E-state index contributed by atoms with van der Waals surface area (Å²) in [7, 11) is 1.60. The number of ether oxygens (including phenoxy) is 3. The van der Waals surface area contributed by atoms with E-state index in [1.165, 1.54) is 0 Å². The van der Waals surface area contributed by atoms with Crippen molar-refractivity contribution in [3.8, 4) is 28.7 Å². The Hall–Kier alpha value is -3.47. The van der Waals surface area contributed by atoms with Gasteiger partial charge in [0.25, 0.3) is 0 Å². The summed E-state index contributed by atoms with van der Waals surface area (Å²) in [5.74, 6) is 3.35. The van der Waals surface area contributed by atoms with Crippen LogP contribution in [-0.4, -0.2) is 19.4 Å². The van der Waals surface area contributed by atoms with Crippen molar-refractivity contribution in [1.29, 1.82) is 0 Å². The van der Waals surface area contributed by atoms with E-state index >= 15 is 0 Å². The van der Waals surface area contributed by atoms with E-state index in [9.17, 15) is 4.79 Å². The largest absolute Gasteiger partial charge is 0.497 e. The standard InChI is InChI=1S/C21H17NO4/c1-24-16-9-6-14(7-10-16)17(23)13-22-15-8-11-20-21(12-15)26-19-5-3-2-4-18(19)25-20/h2-12,22H,13H2,1H3. The summed E-state index contributed by atoms with van der Waals surface area (Å²) in [5, 5.41) is 3.13. The molecule has 1 heterocycles. The van der Waals surface area contributed by atoms with Gasteiger partial charge in [-0.05, 0) is 48.5 Å². The highest BCUT2D eigenvalue weighted by molar-refractivity contribution is 5.99. The Morgan fingerprint density at radius 1 is 0.885 bits per heavy atom. The number of carbonyl (C=O) groups excluding carboxylic acids is 1. The van der Waals surface area contributed by atoms with Gasteiger partial charge in [0, 0.05) is 17.3 Å². The number of para-hydroxylation sites is 2. The Labute approximate surface area is 151 Å². The fraction of sp³-hybridized carbons (Fsp3) is 0.0952. The number of hydrogen-bond acceptors (Lipinski definition) is 5. The molecule has 3 aromatic rings. The van der Waals surface area contributed by atoms with Gasteiger partial charge in [-0.15, -0.1) is 0 Å². The lowest BCUT2D eigenvalue weighted by atomic mass is 10.1. The molecular weight excluding hydrogens is 330 g/mol. The molecule has 1 aliphatic heterocycles. The molecule has 130 valence electrons. The van der Waals surface area contributed by atoms with Gasteiger partial charge in [-0.3, -0.25) is 4.79 Å². The summed E-state index contributed by atoms with van der Waals surface area (Å²) < 4.78 is 16.8. The van der Waals surface area contributed by atoms with Crippen LogP contribution in [0.15, 0.2) is 66.7 Å². The van der Waals surface area contributed by atoms with Crippen LogP contribution >= 0.6 is 0 Å². The van der Waals surface area contributed by atoms with E-state index in [0.29, 0.717) is 28.6 Å². The topological polar surface area (TPSA) is 56.8 Å². The molecule has 3 aromatic carbocycles. The number of fused-ring (bicyclic) bond motifs is 2. The monoisotopic (exact) mass is 347 g/mol. The molecular formula is C21H17NO4. The molecule has 0 saturated carbocycles. The molecule has 0 radical (unpaired) electrons. The predicted molar refractivity (Wildman–Crippen MR) is 98.8 cm³/mol. The van der Waals surface area contributed by atoms with E-state index in [1.807, 2.05) is 42.5 Å². The number of anilines is 1. The first-order valence-corrected chi connectivity index (χ1v) is 8.23. The molecule has 0 saturated heterocycles. The summed E-state index contributed by atoms with van der Waals surface area (Å²) in [6, 6.07) is 20.1. The third kappa shape index (κ3) is 3.19. The SMILES string of the molecule is COc1ccc(C(=O)CNc2ccc3c(c2)Oc2ccccc2O3)cc1.